The SMILES string of the molecule is CC1=C(C(=O)Nc2ccccc2F)[C@H](c2ccccc2)C2=C(CC(C)(C)CC2=O)N1. The predicted molar refractivity (Wildman–Crippen MR) is 115 cm³/mol. The van der Waals surface area contributed by atoms with E-state index in [1.165, 1.54) is 12.1 Å². The van der Waals surface area contributed by atoms with Crippen LogP contribution in [0.1, 0.15) is 45.1 Å². The average Bonchev–Trinajstić information content (AvgIpc) is 2.68. The van der Waals surface area contributed by atoms with Crippen LogP contribution in [-0.4, -0.2) is 11.7 Å². The fourth-order valence-corrected chi connectivity index (χ4v) is 4.47. The number of nitrogens with one attached hydrogen (secondary N) is 2. The van der Waals surface area contributed by atoms with Gasteiger partial charge in [-0.05, 0) is 36.5 Å². The second-order valence-corrected chi connectivity index (χ2v) is 8.77. The Hall–Kier alpha value is -3.21. The van der Waals surface area contributed by atoms with Gasteiger partial charge in [0, 0.05) is 34.9 Å². The first kappa shape index (κ1) is 20.1. The molecule has 154 valence electrons. The summed E-state index contributed by atoms with van der Waals surface area (Å²) >= 11 is 0. The van der Waals surface area contributed by atoms with Crippen molar-refractivity contribution in [2.75, 3.05) is 5.32 Å². The molecule has 30 heavy (non-hydrogen) atoms. The second kappa shape index (κ2) is 7.56. The van der Waals surface area contributed by atoms with E-state index in [9.17, 15) is 14.0 Å². The van der Waals surface area contributed by atoms with E-state index in [0.717, 1.165) is 17.7 Å². The zero-order chi connectivity index (χ0) is 21.5. The van der Waals surface area contributed by atoms with Crippen molar-refractivity contribution in [2.24, 2.45) is 5.41 Å². The first-order valence-electron chi connectivity index (χ1n) is 10.1. The molecule has 0 saturated carbocycles. The average molecular weight is 404 g/mol. The molecule has 2 aromatic rings. The Balaban J connectivity index is 1.80. The Morgan fingerprint density at radius 3 is 2.43 bits per heavy atom. The monoisotopic (exact) mass is 404 g/mol. The molecule has 0 aromatic heterocycles. The third kappa shape index (κ3) is 3.67. The Labute approximate surface area is 175 Å². The number of amides is 1. The summed E-state index contributed by atoms with van der Waals surface area (Å²) in [7, 11) is 0. The molecule has 1 amide bonds. The molecule has 2 aliphatic rings. The van der Waals surface area contributed by atoms with Crippen molar-refractivity contribution in [3.05, 3.63) is 88.5 Å². The van der Waals surface area contributed by atoms with Crippen LogP contribution in [0.15, 0.2) is 77.1 Å². The van der Waals surface area contributed by atoms with Crippen LogP contribution in [0.3, 0.4) is 0 Å². The van der Waals surface area contributed by atoms with Gasteiger partial charge < -0.3 is 10.6 Å². The Kier molecular flexibility index (Phi) is 5.06. The van der Waals surface area contributed by atoms with Crippen molar-refractivity contribution in [3.8, 4) is 0 Å². The van der Waals surface area contributed by atoms with Gasteiger partial charge in [0.25, 0.3) is 5.91 Å². The lowest BCUT2D eigenvalue weighted by Gasteiger charge is -2.39. The van der Waals surface area contributed by atoms with Crippen LogP contribution in [-0.2, 0) is 9.59 Å². The molecular weight excluding hydrogens is 379 g/mol. The molecule has 0 radical (unpaired) electrons. The van der Waals surface area contributed by atoms with E-state index < -0.39 is 17.6 Å². The van der Waals surface area contributed by atoms with Crippen molar-refractivity contribution in [3.63, 3.8) is 0 Å². The summed E-state index contributed by atoms with van der Waals surface area (Å²) in [6.45, 7) is 5.99. The van der Waals surface area contributed by atoms with Gasteiger partial charge in [-0.2, -0.15) is 0 Å². The number of ketones is 1. The molecule has 4 nitrogen and oxygen atoms in total. The van der Waals surface area contributed by atoms with Gasteiger partial charge >= 0.3 is 0 Å². The van der Waals surface area contributed by atoms with Crippen LogP contribution in [0.2, 0.25) is 0 Å². The van der Waals surface area contributed by atoms with Gasteiger partial charge in [-0.15, -0.1) is 0 Å². The minimum absolute atomic E-state index is 0.0475. The fourth-order valence-electron chi connectivity index (χ4n) is 4.47. The molecular formula is C25H25FN2O2. The van der Waals surface area contributed by atoms with Gasteiger partial charge in [-0.25, -0.2) is 4.39 Å². The second-order valence-electron chi connectivity index (χ2n) is 8.77. The summed E-state index contributed by atoms with van der Waals surface area (Å²) < 4.78 is 14.1. The summed E-state index contributed by atoms with van der Waals surface area (Å²) in [6.07, 6.45) is 1.16. The zero-order valence-electron chi connectivity index (χ0n) is 17.4. The van der Waals surface area contributed by atoms with Gasteiger partial charge in [0.15, 0.2) is 5.78 Å². The summed E-state index contributed by atoms with van der Waals surface area (Å²) in [4.78, 5) is 26.5. The number of carbonyl (C=O) groups is 2. The maximum atomic E-state index is 14.1. The lowest BCUT2D eigenvalue weighted by Crippen LogP contribution is -2.39. The van der Waals surface area contributed by atoms with E-state index in [4.69, 9.17) is 0 Å². The van der Waals surface area contributed by atoms with E-state index >= 15 is 0 Å². The van der Waals surface area contributed by atoms with Crippen LogP contribution in [0.5, 0.6) is 0 Å². The number of dihydropyridines is 1. The van der Waals surface area contributed by atoms with E-state index in [1.54, 1.807) is 12.1 Å². The van der Waals surface area contributed by atoms with E-state index in [-0.39, 0.29) is 16.9 Å². The molecule has 5 heteroatoms. The Bertz CT molecular complexity index is 1080. The smallest absolute Gasteiger partial charge is 0.254 e. The molecule has 0 unspecified atom stereocenters. The molecule has 0 bridgehead atoms. The van der Waals surface area contributed by atoms with Gasteiger partial charge in [0.1, 0.15) is 5.82 Å². The summed E-state index contributed by atoms with van der Waals surface area (Å²) in [5.74, 6) is -1.35. The third-order valence-electron chi connectivity index (χ3n) is 5.74. The summed E-state index contributed by atoms with van der Waals surface area (Å²) in [5.41, 5.74) is 3.49. The quantitative estimate of drug-likeness (QED) is 0.751. The number of halogens is 1. The molecule has 0 fully saturated rings. The maximum absolute atomic E-state index is 14.1. The number of para-hydroxylation sites is 1. The zero-order valence-corrected chi connectivity index (χ0v) is 17.4. The Morgan fingerprint density at radius 1 is 1.07 bits per heavy atom. The lowest BCUT2D eigenvalue weighted by molar-refractivity contribution is -0.118. The molecule has 0 saturated heterocycles. The van der Waals surface area contributed by atoms with Crippen LogP contribution in [0, 0.1) is 11.2 Å². The first-order chi connectivity index (χ1) is 14.3. The number of carbonyl (C=O) groups excluding carboxylic acids is 2. The highest BCUT2D eigenvalue weighted by atomic mass is 19.1. The molecule has 1 heterocycles. The van der Waals surface area contributed by atoms with Gasteiger partial charge in [0.05, 0.1) is 5.69 Å². The number of allylic oxidation sites excluding steroid dienone is 3. The summed E-state index contributed by atoms with van der Waals surface area (Å²) in [5, 5.41) is 6.01. The van der Waals surface area contributed by atoms with Crippen LogP contribution in [0.4, 0.5) is 10.1 Å². The van der Waals surface area contributed by atoms with Crippen molar-refractivity contribution in [1.82, 2.24) is 5.32 Å². The number of Topliss-reactive ketones (excluding diaryl/α,β-unsaturated/α-hetero) is 1. The standard InChI is InChI=1S/C25H25FN2O2/c1-15-21(24(30)28-18-12-8-7-11-17(18)26)22(16-9-5-4-6-10-16)23-19(27-15)13-25(2,3)14-20(23)29/h4-12,22,27H,13-14H2,1-3H3,(H,28,30)/t22-/m0/s1. The van der Waals surface area contributed by atoms with Gasteiger partial charge in [-0.3, -0.25) is 9.59 Å². The number of hydrogen-bond donors (Lipinski definition) is 2. The molecule has 2 N–H and O–H groups in total. The predicted octanol–water partition coefficient (Wildman–Crippen LogP) is 5.07. The van der Waals surface area contributed by atoms with Gasteiger partial charge in [0.2, 0.25) is 0 Å². The maximum Gasteiger partial charge on any atom is 0.254 e. The molecule has 4 rings (SSSR count). The fraction of sp³-hybridized carbons (Fsp3) is 0.280. The third-order valence-corrected chi connectivity index (χ3v) is 5.74. The minimum Gasteiger partial charge on any atom is -0.362 e. The number of hydrogen-bond acceptors (Lipinski definition) is 3. The number of anilines is 1. The van der Waals surface area contributed by atoms with Crippen molar-refractivity contribution in [1.29, 1.82) is 0 Å². The lowest BCUT2D eigenvalue weighted by atomic mass is 9.68. The van der Waals surface area contributed by atoms with E-state index in [2.05, 4.69) is 24.5 Å². The van der Waals surface area contributed by atoms with E-state index in [0.29, 0.717) is 23.3 Å². The van der Waals surface area contributed by atoms with Crippen molar-refractivity contribution >= 4 is 17.4 Å². The minimum atomic E-state index is -0.500. The number of rotatable bonds is 3. The van der Waals surface area contributed by atoms with E-state index in [1.807, 2.05) is 37.3 Å². The molecule has 1 atom stereocenters. The van der Waals surface area contributed by atoms with Crippen LogP contribution >= 0.6 is 0 Å². The first-order valence-corrected chi connectivity index (χ1v) is 10.1. The normalized spacial score (nSPS) is 20.5. The molecule has 2 aromatic carbocycles. The highest BCUT2D eigenvalue weighted by molar-refractivity contribution is 6.10. The summed E-state index contributed by atoms with van der Waals surface area (Å²) in [6, 6.07) is 15.6. The highest BCUT2D eigenvalue weighted by Gasteiger charge is 2.42. The van der Waals surface area contributed by atoms with Crippen molar-refractivity contribution < 1.29 is 14.0 Å². The van der Waals surface area contributed by atoms with Crippen LogP contribution < -0.4 is 10.6 Å². The molecule has 0 spiro atoms. The van der Waals surface area contributed by atoms with Gasteiger partial charge in [-0.1, -0.05) is 56.3 Å². The largest absolute Gasteiger partial charge is 0.362 e. The Morgan fingerprint density at radius 2 is 1.73 bits per heavy atom. The topological polar surface area (TPSA) is 58.2 Å². The highest BCUT2D eigenvalue weighted by Crippen LogP contribution is 2.46. The number of benzene rings is 2. The van der Waals surface area contributed by atoms with Crippen LogP contribution in [0.25, 0.3) is 0 Å². The molecule has 1 aliphatic carbocycles. The molecule has 1 aliphatic heterocycles. The van der Waals surface area contributed by atoms with Crippen molar-refractivity contribution in [2.45, 2.75) is 39.5 Å².